The van der Waals surface area contributed by atoms with Crippen molar-refractivity contribution in [1.29, 1.82) is 0 Å². The third-order valence-corrected chi connectivity index (χ3v) is 5.23. The number of carbonyl (C=O) groups excluding carboxylic acids is 1. The topological polar surface area (TPSA) is 51.2 Å². The van der Waals surface area contributed by atoms with Gasteiger partial charge in [-0.3, -0.25) is 4.79 Å². The first-order valence-corrected chi connectivity index (χ1v) is 10.0. The van der Waals surface area contributed by atoms with Crippen LogP contribution in [0.15, 0.2) is 64.3 Å². The first-order valence-electron chi connectivity index (χ1n) is 8.10. The number of hydrogen-bond acceptors (Lipinski definition) is 5. The Labute approximate surface area is 167 Å². The van der Waals surface area contributed by atoms with Crippen LogP contribution in [0, 0.1) is 0 Å². The molecule has 0 aliphatic rings. The number of amides is 1. The van der Waals surface area contributed by atoms with Crippen molar-refractivity contribution in [3.05, 3.63) is 70.7 Å². The number of ether oxygens (including phenoxy) is 1. The first kappa shape index (κ1) is 20.2. The van der Waals surface area contributed by atoms with Gasteiger partial charge in [-0.15, -0.1) is 23.1 Å². The monoisotopic (exact) mass is 424 g/mol. The highest BCUT2D eigenvalue weighted by atomic mass is 32.2. The molecule has 0 fully saturated rings. The number of nitrogens with zero attached hydrogens (tertiary/aromatic N) is 1. The van der Waals surface area contributed by atoms with Crippen LogP contribution in [0.5, 0.6) is 5.75 Å². The molecule has 1 heterocycles. The SMILES string of the molecule is O=C(Nc1cccc(OCC(F)(F)F)c1)c1ccccc1SCc1cscn1. The Morgan fingerprint density at radius 1 is 1.18 bits per heavy atom. The lowest BCUT2D eigenvalue weighted by Crippen LogP contribution is -2.19. The molecule has 3 aromatic rings. The van der Waals surface area contributed by atoms with Gasteiger partial charge in [-0.1, -0.05) is 18.2 Å². The molecule has 0 aliphatic heterocycles. The second-order valence-electron chi connectivity index (χ2n) is 5.65. The van der Waals surface area contributed by atoms with Crippen LogP contribution in [-0.2, 0) is 5.75 Å². The van der Waals surface area contributed by atoms with Gasteiger partial charge in [0, 0.05) is 27.8 Å². The fourth-order valence-electron chi connectivity index (χ4n) is 2.27. The fourth-order valence-corrected chi connectivity index (χ4v) is 3.88. The Balaban J connectivity index is 1.68. The average molecular weight is 424 g/mol. The lowest BCUT2D eigenvalue weighted by atomic mass is 10.2. The van der Waals surface area contributed by atoms with Gasteiger partial charge in [0.1, 0.15) is 5.75 Å². The molecule has 0 spiro atoms. The van der Waals surface area contributed by atoms with Crippen molar-refractivity contribution in [2.75, 3.05) is 11.9 Å². The summed E-state index contributed by atoms with van der Waals surface area (Å²) in [6.45, 7) is -1.39. The summed E-state index contributed by atoms with van der Waals surface area (Å²) < 4.78 is 41.6. The molecule has 0 aliphatic carbocycles. The highest BCUT2D eigenvalue weighted by Gasteiger charge is 2.28. The molecule has 146 valence electrons. The molecule has 9 heteroatoms. The number of anilines is 1. The van der Waals surface area contributed by atoms with E-state index in [1.807, 2.05) is 17.5 Å². The predicted octanol–water partition coefficient (Wildman–Crippen LogP) is 5.63. The van der Waals surface area contributed by atoms with E-state index in [-0.39, 0.29) is 11.7 Å². The molecular weight excluding hydrogens is 409 g/mol. The van der Waals surface area contributed by atoms with Crippen molar-refractivity contribution < 1.29 is 22.7 Å². The number of thioether (sulfide) groups is 1. The third-order valence-electron chi connectivity index (χ3n) is 3.49. The zero-order valence-corrected chi connectivity index (χ0v) is 16.0. The molecule has 1 N–H and O–H groups in total. The second-order valence-corrected chi connectivity index (χ2v) is 7.39. The average Bonchev–Trinajstić information content (AvgIpc) is 3.18. The van der Waals surface area contributed by atoms with E-state index in [0.29, 0.717) is 17.0 Å². The van der Waals surface area contributed by atoms with Crippen molar-refractivity contribution in [2.24, 2.45) is 0 Å². The van der Waals surface area contributed by atoms with E-state index in [9.17, 15) is 18.0 Å². The van der Waals surface area contributed by atoms with Crippen LogP contribution in [0.2, 0.25) is 0 Å². The van der Waals surface area contributed by atoms with Gasteiger partial charge in [0.05, 0.1) is 16.8 Å². The van der Waals surface area contributed by atoms with Crippen molar-refractivity contribution in [3.63, 3.8) is 0 Å². The summed E-state index contributed by atoms with van der Waals surface area (Å²) >= 11 is 3.00. The minimum absolute atomic E-state index is 0.0290. The predicted molar refractivity (Wildman–Crippen MR) is 104 cm³/mol. The Morgan fingerprint density at radius 2 is 2.00 bits per heavy atom. The quantitative estimate of drug-likeness (QED) is 0.500. The zero-order chi connectivity index (χ0) is 20.0. The molecule has 0 atom stereocenters. The summed E-state index contributed by atoms with van der Waals surface area (Å²) in [6, 6.07) is 13.0. The van der Waals surface area contributed by atoms with Gasteiger partial charge in [-0.2, -0.15) is 13.2 Å². The minimum Gasteiger partial charge on any atom is -0.484 e. The van der Waals surface area contributed by atoms with Crippen molar-refractivity contribution in [1.82, 2.24) is 4.98 Å². The van der Waals surface area contributed by atoms with E-state index in [2.05, 4.69) is 10.3 Å². The number of alkyl halides is 3. The van der Waals surface area contributed by atoms with Gasteiger partial charge in [0.25, 0.3) is 5.91 Å². The van der Waals surface area contributed by atoms with Crippen LogP contribution in [-0.4, -0.2) is 23.7 Å². The Kier molecular flexibility index (Phi) is 6.58. The normalized spacial score (nSPS) is 11.2. The summed E-state index contributed by atoms with van der Waals surface area (Å²) in [4.78, 5) is 17.7. The van der Waals surface area contributed by atoms with Gasteiger partial charge in [-0.25, -0.2) is 4.98 Å². The third kappa shape index (κ3) is 6.00. The number of aromatic nitrogens is 1. The van der Waals surface area contributed by atoms with E-state index in [1.54, 1.807) is 23.7 Å². The summed E-state index contributed by atoms with van der Waals surface area (Å²) in [5.74, 6) is 0.310. The number of benzene rings is 2. The van der Waals surface area contributed by atoms with Crippen LogP contribution in [0.25, 0.3) is 0 Å². The van der Waals surface area contributed by atoms with E-state index in [4.69, 9.17) is 4.74 Å². The first-order chi connectivity index (χ1) is 13.4. The van der Waals surface area contributed by atoms with Gasteiger partial charge >= 0.3 is 6.18 Å². The maximum Gasteiger partial charge on any atom is 0.422 e. The zero-order valence-electron chi connectivity index (χ0n) is 14.4. The van der Waals surface area contributed by atoms with E-state index >= 15 is 0 Å². The highest BCUT2D eigenvalue weighted by Crippen LogP contribution is 2.27. The number of hydrogen-bond donors (Lipinski definition) is 1. The molecule has 0 saturated carbocycles. The minimum atomic E-state index is -4.42. The highest BCUT2D eigenvalue weighted by molar-refractivity contribution is 7.98. The smallest absolute Gasteiger partial charge is 0.422 e. The van der Waals surface area contributed by atoms with Crippen molar-refractivity contribution in [2.45, 2.75) is 16.8 Å². The molecule has 28 heavy (non-hydrogen) atoms. The number of rotatable bonds is 7. The summed E-state index contributed by atoms with van der Waals surface area (Å²) in [5, 5.41) is 4.65. The molecular formula is C19H15F3N2O2S2. The molecule has 0 saturated heterocycles. The van der Waals surface area contributed by atoms with Gasteiger partial charge in [-0.05, 0) is 24.3 Å². The Bertz CT molecular complexity index is 931. The van der Waals surface area contributed by atoms with Crippen LogP contribution in [0.3, 0.4) is 0 Å². The molecule has 1 amide bonds. The Morgan fingerprint density at radius 3 is 2.75 bits per heavy atom. The van der Waals surface area contributed by atoms with Crippen LogP contribution in [0.1, 0.15) is 16.1 Å². The number of nitrogens with one attached hydrogen (secondary N) is 1. The molecule has 0 unspecified atom stereocenters. The maximum atomic E-state index is 12.7. The maximum absolute atomic E-state index is 12.7. The molecule has 4 nitrogen and oxygen atoms in total. The molecule has 3 rings (SSSR count). The fraction of sp³-hybridized carbons (Fsp3) is 0.158. The van der Waals surface area contributed by atoms with Crippen LogP contribution < -0.4 is 10.1 Å². The molecule has 0 bridgehead atoms. The van der Waals surface area contributed by atoms with Crippen LogP contribution >= 0.6 is 23.1 Å². The summed E-state index contributed by atoms with van der Waals surface area (Å²) in [6.07, 6.45) is -4.42. The lowest BCUT2D eigenvalue weighted by molar-refractivity contribution is -0.153. The second kappa shape index (κ2) is 9.11. The van der Waals surface area contributed by atoms with E-state index in [1.165, 1.54) is 41.3 Å². The molecule has 2 aromatic carbocycles. The van der Waals surface area contributed by atoms with E-state index < -0.39 is 12.8 Å². The van der Waals surface area contributed by atoms with Crippen molar-refractivity contribution >= 4 is 34.7 Å². The molecule has 0 radical (unpaired) electrons. The largest absolute Gasteiger partial charge is 0.484 e. The standard InChI is InChI=1S/C19H15F3N2O2S2/c20-19(21,22)11-26-15-5-3-4-13(8-15)24-18(25)16-6-1-2-7-17(16)28-10-14-9-27-12-23-14/h1-9,12H,10-11H2,(H,24,25). The van der Waals surface area contributed by atoms with Crippen molar-refractivity contribution in [3.8, 4) is 5.75 Å². The number of thiazole rings is 1. The Hall–Kier alpha value is -2.52. The van der Waals surface area contributed by atoms with Gasteiger partial charge < -0.3 is 10.1 Å². The van der Waals surface area contributed by atoms with Gasteiger partial charge in [0.15, 0.2) is 6.61 Å². The summed E-state index contributed by atoms with van der Waals surface area (Å²) in [5.41, 5.74) is 3.51. The van der Waals surface area contributed by atoms with E-state index in [0.717, 1.165) is 10.6 Å². The molecule has 1 aromatic heterocycles. The lowest BCUT2D eigenvalue weighted by Gasteiger charge is -2.12. The van der Waals surface area contributed by atoms with Gasteiger partial charge in [0.2, 0.25) is 0 Å². The number of halogens is 3. The van der Waals surface area contributed by atoms with Crippen LogP contribution in [0.4, 0.5) is 18.9 Å². The summed E-state index contributed by atoms with van der Waals surface area (Å²) in [7, 11) is 0. The number of carbonyl (C=O) groups is 1.